The van der Waals surface area contributed by atoms with Gasteiger partial charge in [-0.2, -0.15) is 5.11 Å². The number of phenolic OH excluding ortho intramolecular Hbond substituents is 3. The average Bonchev–Trinajstić information content (AvgIpc) is 3.00. The Kier molecular flexibility index (Phi) is 15.4. The number of carboxylic acids is 1. The number of nitrogens with two attached hydrogens (primary N) is 1. The largest absolute Gasteiger partial charge is 0.508 e. The summed E-state index contributed by atoms with van der Waals surface area (Å²) in [6.45, 7) is 1.50. The van der Waals surface area contributed by atoms with Gasteiger partial charge < -0.3 is 41.1 Å². The van der Waals surface area contributed by atoms with Gasteiger partial charge in [0, 0.05) is 46.6 Å². The highest BCUT2D eigenvalue weighted by molar-refractivity contribution is 6.06. The molecule has 0 bridgehead atoms. The van der Waals surface area contributed by atoms with Crippen LogP contribution in [0.1, 0.15) is 33.1 Å². The van der Waals surface area contributed by atoms with E-state index in [1.54, 1.807) is 91.5 Å². The van der Waals surface area contributed by atoms with E-state index in [4.69, 9.17) is 10.8 Å². The molecule has 0 unspecified atom stereocenters. The molecule has 0 radical (unpaired) electrons. The molecule has 0 amide bonds. The molecule has 0 aliphatic heterocycles. The number of rotatable bonds is 18. The number of azo groups is 3. The molecule has 0 aliphatic carbocycles. The lowest BCUT2D eigenvalue weighted by atomic mass is 9.96. The van der Waals surface area contributed by atoms with Crippen molar-refractivity contribution in [3.8, 4) is 34.1 Å². The van der Waals surface area contributed by atoms with Gasteiger partial charge in [-0.3, -0.25) is 19.9 Å². The number of aromatic carboxylic acids is 1. The highest BCUT2D eigenvalue weighted by atomic mass is 16.4. The predicted molar refractivity (Wildman–Crippen MR) is 331 cm³/mol. The normalized spacial score (nSPS) is 11.6. The summed E-state index contributed by atoms with van der Waals surface area (Å²) < 4.78 is 0. The molecular weight excluding hydrogens is 1080 g/mol. The van der Waals surface area contributed by atoms with Crippen molar-refractivity contribution in [2.45, 2.75) is 26.2 Å². The Balaban J connectivity index is 0.904. The van der Waals surface area contributed by atoms with Crippen LogP contribution in [-0.2, 0) is 26.2 Å². The minimum atomic E-state index is -1.37. The Morgan fingerprint density at radius 2 is 0.907 bits per heavy atom. The van der Waals surface area contributed by atoms with Gasteiger partial charge in [0.25, 0.3) is 0 Å². The molecule has 86 heavy (non-hydrogen) atoms. The highest BCUT2D eigenvalue weighted by Crippen LogP contribution is 2.45. The summed E-state index contributed by atoms with van der Waals surface area (Å²) in [4.78, 5) is 35.2. The first-order chi connectivity index (χ1) is 42.0. The number of pyridine rings is 4. The smallest absolute Gasteiger partial charge is 0.339 e. The number of phenols is 4. The Labute approximate surface area is 491 Å². The second kappa shape index (κ2) is 24.2. The SMILES string of the molecule is Nc1ccc(N(Cc2ccccn2)Cc2ccccn2)c(N=Nc2c(O)c(C(=O)O)cc3cc(-c4ccc5ccc(O)c(N=Nc6ccc(N(Cc7ccccn7)Cc7ccccn7)c(N=Nc7c(O)ccc8cc(O)ccc78)c6)c5c4)ccc23)c1. The summed E-state index contributed by atoms with van der Waals surface area (Å²) in [5.41, 5.74) is 13.6. The molecule has 0 saturated carbocycles. The topological polar surface area (TPSA) is 276 Å². The number of fused-ring (bicyclic) bond motifs is 3. The van der Waals surface area contributed by atoms with Crippen molar-refractivity contribution in [1.29, 1.82) is 0 Å². The molecule has 4 aromatic heterocycles. The zero-order chi connectivity index (χ0) is 59.1. The van der Waals surface area contributed by atoms with Crippen molar-refractivity contribution in [3.63, 3.8) is 0 Å². The Hall–Kier alpha value is -12.0. The summed E-state index contributed by atoms with van der Waals surface area (Å²) >= 11 is 0. The van der Waals surface area contributed by atoms with Gasteiger partial charge in [0.1, 0.15) is 51.2 Å². The van der Waals surface area contributed by atoms with Crippen molar-refractivity contribution in [1.82, 2.24) is 19.9 Å². The zero-order valence-electron chi connectivity index (χ0n) is 45.7. The fourth-order valence-corrected chi connectivity index (χ4v) is 10.1. The van der Waals surface area contributed by atoms with Gasteiger partial charge in [-0.05, 0) is 161 Å². The van der Waals surface area contributed by atoms with Crippen molar-refractivity contribution in [2.24, 2.45) is 30.7 Å². The second-order valence-corrected chi connectivity index (χ2v) is 20.1. The van der Waals surface area contributed by atoms with Crippen LogP contribution in [0, 0.1) is 0 Å². The average molecular weight is 1130 g/mol. The third-order valence-electron chi connectivity index (χ3n) is 14.3. The first-order valence-electron chi connectivity index (χ1n) is 27.1. The number of hydrogen-bond donors (Lipinski definition) is 6. The van der Waals surface area contributed by atoms with E-state index in [0.717, 1.165) is 28.2 Å². The van der Waals surface area contributed by atoms with Crippen LogP contribution in [0.25, 0.3) is 43.4 Å². The van der Waals surface area contributed by atoms with Crippen LogP contribution in [0.5, 0.6) is 23.0 Å². The van der Waals surface area contributed by atoms with Crippen molar-refractivity contribution >= 4 is 89.5 Å². The van der Waals surface area contributed by atoms with Crippen LogP contribution in [0.4, 0.5) is 51.2 Å². The Morgan fingerprint density at radius 3 is 1.49 bits per heavy atom. The third kappa shape index (κ3) is 12.0. The van der Waals surface area contributed by atoms with E-state index >= 15 is 0 Å². The lowest BCUT2D eigenvalue weighted by Gasteiger charge is -2.25. The van der Waals surface area contributed by atoms with E-state index in [-0.39, 0.29) is 39.9 Å². The van der Waals surface area contributed by atoms with E-state index in [1.807, 2.05) is 114 Å². The van der Waals surface area contributed by atoms with Gasteiger partial charge >= 0.3 is 5.97 Å². The monoisotopic (exact) mass is 1130 g/mol. The summed E-state index contributed by atoms with van der Waals surface area (Å²) in [6.07, 6.45) is 6.90. The number of nitrogen functional groups attached to an aromatic ring is 1. The lowest BCUT2D eigenvalue weighted by Crippen LogP contribution is -2.23. The molecule has 0 spiro atoms. The maximum Gasteiger partial charge on any atom is 0.339 e. The number of nitrogens with zero attached hydrogens (tertiary/aromatic N) is 12. The molecule has 420 valence electrons. The molecule has 19 heteroatoms. The van der Waals surface area contributed by atoms with Gasteiger partial charge in [-0.25, -0.2) is 4.79 Å². The number of anilines is 3. The van der Waals surface area contributed by atoms with E-state index < -0.39 is 11.7 Å². The van der Waals surface area contributed by atoms with Crippen molar-refractivity contribution < 1.29 is 30.3 Å². The number of aromatic nitrogens is 4. The highest BCUT2D eigenvalue weighted by Gasteiger charge is 2.22. The van der Waals surface area contributed by atoms with Crippen LogP contribution in [-0.4, -0.2) is 51.4 Å². The van der Waals surface area contributed by atoms with Crippen LogP contribution >= 0.6 is 0 Å². The molecule has 19 nitrogen and oxygen atoms in total. The van der Waals surface area contributed by atoms with E-state index in [9.17, 15) is 30.3 Å². The van der Waals surface area contributed by atoms with Gasteiger partial charge in [-0.1, -0.05) is 60.7 Å². The fraction of sp³-hybridized carbons (Fsp3) is 0.0597. The number of aromatic hydroxyl groups is 4. The summed E-state index contributed by atoms with van der Waals surface area (Å²) in [7, 11) is 0. The van der Waals surface area contributed by atoms with Crippen LogP contribution in [0.3, 0.4) is 0 Å². The van der Waals surface area contributed by atoms with Gasteiger partial charge in [0.15, 0.2) is 5.75 Å². The minimum Gasteiger partial charge on any atom is -0.508 e. The maximum atomic E-state index is 12.8. The third-order valence-corrected chi connectivity index (χ3v) is 14.3. The zero-order valence-corrected chi connectivity index (χ0v) is 45.7. The number of carboxylic acid groups (broad SMARTS) is 1. The molecule has 0 atom stereocenters. The Bertz CT molecular complexity index is 4510. The van der Waals surface area contributed by atoms with Gasteiger partial charge in [0.05, 0.1) is 66.0 Å². The summed E-state index contributed by atoms with van der Waals surface area (Å²) in [6, 6.07) is 56.9. The van der Waals surface area contributed by atoms with Gasteiger partial charge in [0.2, 0.25) is 0 Å². The summed E-state index contributed by atoms with van der Waals surface area (Å²) in [5, 5.41) is 86.1. The van der Waals surface area contributed by atoms with E-state index in [1.165, 1.54) is 18.2 Å². The minimum absolute atomic E-state index is 0.0598. The van der Waals surface area contributed by atoms with Crippen molar-refractivity contribution in [3.05, 3.63) is 247 Å². The standard InChI is InChI=1S/C67H51N13O6/c68-46-18-23-59(79(37-48-9-1-5-27-69-48)38-49-10-2-6-28-70-49)57(35-46)74-78-65-54-21-15-42(31-45(54)34-56(66(65)84)67(85)86)43-14-13-41-16-25-62(83)64(55(41)33-43)76-73-47-19-24-60(80(39-50-11-3-7-29-71-50)40-51-12-4-8-30-72-51)58(36-47)75-77-63-53-22-20-52(81)32-44(53)17-26-61(63)82/h1-36,81-84H,37-40,68H2,(H,85,86). The molecule has 7 N–H and O–H groups in total. The summed E-state index contributed by atoms with van der Waals surface area (Å²) in [5.74, 6) is -2.13. The molecule has 0 saturated heterocycles. The van der Waals surface area contributed by atoms with Crippen LogP contribution in [0.15, 0.2) is 250 Å². The first-order valence-corrected chi connectivity index (χ1v) is 27.1. The second-order valence-electron chi connectivity index (χ2n) is 20.1. The fourth-order valence-electron chi connectivity index (χ4n) is 10.1. The Morgan fingerprint density at radius 1 is 0.419 bits per heavy atom. The molecule has 12 rings (SSSR count). The van der Waals surface area contributed by atoms with Crippen molar-refractivity contribution in [2.75, 3.05) is 15.5 Å². The molecule has 12 aromatic rings. The lowest BCUT2D eigenvalue weighted by molar-refractivity contribution is 0.0694. The number of benzene rings is 8. The molecule has 0 fully saturated rings. The first kappa shape index (κ1) is 54.6. The predicted octanol–water partition coefficient (Wildman–Crippen LogP) is 16.2. The van der Waals surface area contributed by atoms with Crippen LogP contribution < -0.4 is 15.5 Å². The molecule has 4 heterocycles. The number of carbonyl (C=O) groups is 1. The quantitative estimate of drug-likeness (QED) is 0.0345. The van der Waals surface area contributed by atoms with Gasteiger partial charge in [-0.15, -0.1) is 25.6 Å². The molecular formula is C67H51N13O6. The van der Waals surface area contributed by atoms with E-state index in [2.05, 4.69) is 50.4 Å². The maximum absolute atomic E-state index is 12.8. The molecule has 8 aromatic carbocycles. The number of hydrogen-bond acceptors (Lipinski definition) is 18. The molecule has 0 aliphatic rings. The van der Waals surface area contributed by atoms with E-state index in [0.29, 0.717) is 98.4 Å². The van der Waals surface area contributed by atoms with Crippen LogP contribution in [0.2, 0.25) is 0 Å².